The maximum atomic E-state index is 5.01. The van der Waals surface area contributed by atoms with Gasteiger partial charge in [0.15, 0.2) is 0 Å². The fraction of sp³-hybridized carbons (Fsp3) is 0. The summed E-state index contributed by atoms with van der Waals surface area (Å²) in [6.45, 7) is 0. The number of anilines is 3. The molecule has 220 valence electrons. The van der Waals surface area contributed by atoms with Crippen molar-refractivity contribution < 1.29 is 0 Å². The number of fused-ring (bicyclic) bond motifs is 3. The highest BCUT2D eigenvalue weighted by Gasteiger charge is 2.22. The minimum atomic E-state index is 0.787. The second-order valence-corrected chi connectivity index (χ2v) is 11.7. The second-order valence-electron chi connectivity index (χ2n) is 11.7. The van der Waals surface area contributed by atoms with Crippen LogP contribution < -0.4 is 4.90 Å². The van der Waals surface area contributed by atoms with E-state index in [1.807, 2.05) is 42.5 Å². The molecule has 0 fully saturated rings. The van der Waals surface area contributed by atoms with Crippen LogP contribution in [0, 0.1) is 0 Å². The van der Waals surface area contributed by atoms with Crippen molar-refractivity contribution in [1.29, 1.82) is 0 Å². The quantitative estimate of drug-likeness (QED) is 0.190. The number of pyridine rings is 3. The smallest absolute Gasteiger partial charge is 0.0915 e. The van der Waals surface area contributed by atoms with Crippen LogP contribution in [0.25, 0.3) is 66.9 Å². The number of benzene rings is 5. The van der Waals surface area contributed by atoms with Crippen molar-refractivity contribution in [2.24, 2.45) is 0 Å². The van der Waals surface area contributed by atoms with E-state index in [1.165, 1.54) is 44.2 Å². The van der Waals surface area contributed by atoms with Crippen molar-refractivity contribution in [3.8, 4) is 56.2 Å². The van der Waals surface area contributed by atoms with Crippen LogP contribution in [0.5, 0.6) is 0 Å². The molecule has 4 nitrogen and oxygen atoms in total. The summed E-state index contributed by atoms with van der Waals surface area (Å²) in [6, 6.07) is 55.3. The van der Waals surface area contributed by atoms with Crippen LogP contribution in [0.2, 0.25) is 0 Å². The third-order valence-corrected chi connectivity index (χ3v) is 8.92. The summed E-state index contributed by atoms with van der Waals surface area (Å²) in [7, 11) is 0. The highest BCUT2D eigenvalue weighted by atomic mass is 15.1. The first-order chi connectivity index (χ1) is 23.3. The van der Waals surface area contributed by atoms with Gasteiger partial charge >= 0.3 is 0 Å². The lowest BCUT2D eigenvalue weighted by molar-refractivity contribution is 1.20. The van der Waals surface area contributed by atoms with Crippen LogP contribution in [0.15, 0.2) is 170 Å². The summed E-state index contributed by atoms with van der Waals surface area (Å²) >= 11 is 0. The fourth-order valence-electron chi connectivity index (χ4n) is 6.81. The summed E-state index contributed by atoms with van der Waals surface area (Å²) in [4.78, 5) is 16.5. The molecule has 3 heterocycles. The Morgan fingerprint density at radius 2 is 0.915 bits per heavy atom. The zero-order chi connectivity index (χ0) is 31.2. The predicted octanol–water partition coefficient (Wildman–Crippen LogP) is 11.1. The molecule has 0 aliphatic heterocycles. The summed E-state index contributed by atoms with van der Waals surface area (Å²) in [5.41, 5.74) is 13.9. The Kier molecular flexibility index (Phi) is 6.43. The Labute approximate surface area is 273 Å². The number of para-hydroxylation sites is 1. The molecule has 8 aromatic rings. The second kappa shape index (κ2) is 11.2. The molecule has 0 spiro atoms. The van der Waals surface area contributed by atoms with Gasteiger partial charge in [0.05, 0.1) is 28.5 Å². The van der Waals surface area contributed by atoms with Gasteiger partial charge in [-0.25, -0.2) is 4.98 Å². The topological polar surface area (TPSA) is 41.9 Å². The van der Waals surface area contributed by atoms with Gasteiger partial charge in [0.1, 0.15) is 0 Å². The highest BCUT2D eigenvalue weighted by molar-refractivity contribution is 6.18. The monoisotopic (exact) mass is 600 g/mol. The van der Waals surface area contributed by atoms with E-state index in [2.05, 4.69) is 130 Å². The van der Waals surface area contributed by atoms with E-state index in [1.54, 1.807) is 12.4 Å². The molecule has 0 unspecified atom stereocenters. The standard InChI is InChI=1S/C43H28N4/c1-2-11-30(12-3-1)47(32-27-41(39-17-6-8-25-44-39)46-42(28-32)40-18-7-9-26-45-40)31-21-19-29(20-22-31)33-23-24-38-35-14-5-4-13-34(35)37-16-10-15-36(33)43(37)38/h1-28H. The van der Waals surface area contributed by atoms with Gasteiger partial charge in [-0.2, -0.15) is 0 Å². The summed E-state index contributed by atoms with van der Waals surface area (Å²) in [5.74, 6) is 0. The fourth-order valence-corrected chi connectivity index (χ4v) is 6.81. The normalized spacial score (nSPS) is 11.4. The zero-order valence-corrected chi connectivity index (χ0v) is 25.5. The third kappa shape index (κ3) is 4.66. The van der Waals surface area contributed by atoms with E-state index >= 15 is 0 Å². The first kappa shape index (κ1) is 27.0. The molecule has 0 saturated heterocycles. The van der Waals surface area contributed by atoms with E-state index in [9.17, 15) is 0 Å². The van der Waals surface area contributed by atoms with Crippen LogP contribution in [0.3, 0.4) is 0 Å². The van der Waals surface area contributed by atoms with Gasteiger partial charge in [-0.15, -0.1) is 0 Å². The van der Waals surface area contributed by atoms with E-state index in [0.717, 1.165) is 39.8 Å². The predicted molar refractivity (Wildman–Crippen MR) is 193 cm³/mol. The zero-order valence-electron chi connectivity index (χ0n) is 25.5. The molecule has 9 rings (SSSR count). The molecule has 1 aliphatic carbocycles. The number of aromatic nitrogens is 3. The number of nitrogens with zero attached hydrogens (tertiary/aromatic N) is 4. The van der Waals surface area contributed by atoms with Crippen molar-refractivity contribution in [3.05, 3.63) is 170 Å². The van der Waals surface area contributed by atoms with Crippen molar-refractivity contribution in [2.75, 3.05) is 4.90 Å². The van der Waals surface area contributed by atoms with Gasteiger partial charge in [-0.1, -0.05) is 97.1 Å². The average Bonchev–Trinajstić information content (AvgIpc) is 3.48. The molecule has 0 atom stereocenters. The van der Waals surface area contributed by atoms with Gasteiger partial charge in [0, 0.05) is 23.8 Å². The minimum absolute atomic E-state index is 0.787. The van der Waals surface area contributed by atoms with E-state index < -0.39 is 0 Å². The Morgan fingerprint density at radius 1 is 0.362 bits per heavy atom. The Hall–Kier alpha value is -6.39. The van der Waals surface area contributed by atoms with Crippen molar-refractivity contribution in [3.63, 3.8) is 0 Å². The lowest BCUT2D eigenvalue weighted by Crippen LogP contribution is -2.11. The molecular formula is C43H28N4. The SMILES string of the molecule is c1ccc(N(c2ccc(-c3ccc4c5c(cccc35)-c3ccccc3-4)cc2)c2cc(-c3ccccn3)nc(-c3ccccn3)c2)cc1. The van der Waals surface area contributed by atoms with Crippen LogP contribution in [-0.4, -0.2) is 15.0 Å². The summed E-state index contributed by atoms with van der Waals surface area (Å²) < 4.78 is 0. The van der Waals surface area contributed by atoms with Crippen LogP contribution in [0.4, 0.5) is 17.1 Å². The minimum Gasteiger partial charge on any atom is -0.310 e. The Bertz CT molecular complexity index is 2300. The van der Waals surface area contributed by atoms with Crippen LogP contribution >= 0.6 is 0 Å². The van der Waals surface area contributed by atoms with Crippen LogP contribution in [-0.2, 0) is 0 Å². The molecule has 47 heavy (non-hydrogen) atoms. The number of rotatable bonds is 6. The highest BCUT2D eigenvalue weighted by Crippen LogP contribution is 2.49. The molecule has 0 N–H and O–H groups in total. The largest absolute Gasteiger partial charge is 0.310 e. The molecule has 1 aliphatic rings. The molecule has 0 saturated carbocycles. The van der Waals surface area contributed by atoms with Crippen molar-refractivity contribution in [1.82, 2.24) is 15.0 Å². The molecule has 4 heteroatoms. The van der Waals surface area contributed by atoms with E-state index in [4.69, 9.17) is 4.98 Å². The van der Waals surface area contributed by atoms with Gasteiger partial charge in [-0.05, 0) is 105 Å². The average molecular weight is 601 g/mol. The molecule has 0 amide bonds. The summed E-state index contributed by atoms with van der Waals surface area (Å²) in [5, 5.41) is 2.61. The van der Waals surface area contributed by atoms with Gasteiger partial charge < -0.3 is 4.90 Å². The van der Waals surface area contributed by atoms with Crippen LogP contribution in [0.1, 0.15) is 0 Å². The molecular weight excluding hydrogens is 573 g/mol. The van der Waals surface area contributed by atoms with E-state index in [-0.39, 0.29) is 0 Å². The van der Waals surface area contributed by atoms with E-state index in [0.29, 0.717) is 0 Å². The first-order valence-electron chi connectivity index (χ1n) is 15.8. The Balaban J connectivity index is 1.18. The molecule has 3 aromatic heterocycles. The maximum absolute atomic E-state index is 5.01. The number of hydrogen-bond donors (Lipinski definition) is 0. The van der Waals surface area contributed by atoms with Crippen molar-refractivity contribution >= 4 is 27.8 Å². The number of hydrogen-bond acceptors (Lipinski definition) is 4. The summed E-state index contributed by atoms with van der Waals surface area (Å²) in [6.07, 6.45) is 3.60. The van der Waals surface area contributed by atoms with Gasteiger partial charge in [-0.3, -0.25) is 9.97 Å². The molecule has 0 bridgehead atoms. The lowest BCUT2D eigenvalue weighted by atomic mass is 9.94. The van der Waals surface area contributed by atoms with Crippen molar-refractivity contribution in [2.45, 2.75) is 0 Å². The third-order valence-electron chi connectivity index (χ3n) is 8.92. The molecule has 5 aromatic carbocycles. The van der Waals surface area contributed by atoms with Gasteiger partial charge in [0.25, 0.3) is 0 Å². The first-order valence-corrected chi connectivity index (χ1v) is 15.8. The van der Waals surface area contributed by atoms with Gasteiger partial charge in [0.2, 0.25) is 0 Å². The molecule has 0 radical (unpaired) electrons. The lowest BCUT2D eigenvalue weighted by Gasteiger charge is -2.26. The maximum Gasteiger partial charge on any atom is 0.0915 e. The Morgan fingerprint density at radius 3 is 1.55 bits per heavy atom.